The van der Waals surface area contributed by atoms with E-state index in [1.165, 1.54) is 10.6 Å². The van der Waals surface area contributed by atoms with Gasteiger partial charge < -0.3 is 5.73 Å². The Bertz CT molecular complexity index is 235. The lowest BCUT2D eigenvalue weighted by molar-refractivity contribution is 0.176. The first-order valence-corrected chi connectivity index (χ1v) is 5.50. The second-order valence-electron chi connectivity index (χ2n) is 3.09. The maximum absolute atomic E-state index is 11.0. The van der Waals surface area contributed by atoms with Crippen LogP contribution in [0.4, 0.5) is 0 Å². The van der Waals surface area contributed by atoms with Gasteiger partial charge in [0.05, 0.1) is 6.26 Å². The largest absolute Gasteiger partial charge is 0.326 e. The van der Waals surface area contributed by atoms with Gasteiger partial charge in [0.2, 0.25) is 10.0 Å². The number of rotatable bonds is 2. The van der Waals surface area contributed by atoms with Crippen molar-refractivity contribution in [1.29, 1.82) is 0 Å². The average Bonchev–Trinajstić information content (AvgIpc) is 1.51. The van der Waals surface area contributed by atoms with Crippen molar-refractivity contribution in [2.45, 2.75) is 25.4 Å². The summed E-state index contributed by atoms with van der Waals surface area (Å²) in [6.07, 6.45) is 2.12. The van der Waals surface area contributed by atoms with E-state index >= 15 is 0 Å². The Hall–Kier alpha value is -0.130. The van der Waals surface area contributed by atoms with Gasteiger partial charge in [0, 0.05) is 18.6 Å². The molecule has 66 valence electrons. The highest BCUT2D eigenvalue weighted by atomic mass is 32.2. The molecule has 5 heteroatoms. The zero-order valence-corrected chi connectivity index (χ0v) is 7.63. The Morgan fingerprint density at radius 3 is 2.27 bits per heavy atom. The fourth-order valence-corrected chi connectivity index (χ4v) is 2.55. The fourth-order valence-electron chi connectivity index (χ4n) is 1.32. The van der Waals surface area contributed by atoms with Crippen LogP contribution >= 0.6 is 0 Å². The molecule has 1 fully saturated rings. The summed E-state index contributed by atoms with van der Waals surface area (Å²) in [5.41, 5.74) is 5.58. The summed E-state index contributed by atoms with van der Waals surface area (Å²) in [5.74, 6) is 0. The summed E-state index contributed by atoms with van der Waals surface area (Å²) in [6, 6.07) is -0.0246. The number of sulfonamides is 1. The normalized spacial score (nSPS) is 29.5. The third-order valence-corrected chi connectivity index (χ3v) is 3.35. The van der Waals surface area contributed by atoms with Gasteiger partial charge in [-0.15, -0.1) is 0 Å². The van der Waals surface area contributed by atoms with Crippen LogP contribution in [0.15, 0.2) is 0 Å². The van der Waals surface area contributed by atoms with Crippen molar-refractivity contribution in [2.75, 3.05) is 12.8 Å². The Morgan fingerprint density at radius 1 is 1.64 bits per heavy atom. The highest BCUT2D eigenvalue weighted by Crippen LogP contribution is 2.22. The molecule has 0 radical (unpaired) electrons. The first kappa shape index (κ1) is 8.96. The molecule has 0 aromatic rings. The number of hydrogen-bond donors (Lipinski definition) is 1. The van der Waals surface area contributed by atoms with Gasteiger partial charge in [-0.25, -0.2) is 8.42 Å². The van der Waals surface area contributed by atoms with Crippen LogP contribution in [0.1, 0.15) is 13.3 Å². The van der Waals surface area contributed by atoms with Gasteiger partial charge in [-0.2, -0.15) is 4.31 Å². The van der Waals surface area contributed by atoms with Crippen molar-refractivity contribution in [2.24, 2.45) is 5.73 Å². The van der Waals surface area contributed by atoms with Gasteiger partial charge in [-0.1, -0.05) is 0 Å². The smallest absolute Gasteiger partial charge is 0.211 e. The zero-order chi connectivity index (χ0) is 8.65. The van der Waals surface area contributed by atoms with E-state index in [9.17, 15) is 8.42 Å². The minimum absolute atomic E-state index is 0.0324. The van der Waals surface area contributed by atoms with Gasteiger partial charge >= 0.3 is 0 Å². The highest BCUT2D eigenvalue weighted by molar-refractivity contribution is 7.88. The molecule has 1 rings (SSSR count). The van der Waals surface area contributed by atoms with Crippen molar-refractivity contribution < 1.29 is 8.42 Å². The lowest BCUT2D eigenvalue weighted by atomic mass is 10.0. The molecule has 0 aromatic carbocycles. The van der Waals surface area contributed by atoms with Gasteiger partial charge in [-0.3, -0.25) is 0 Å². The van der Waals surface area contributed by atoms with Crippen LogP contribution in [0, 0.1) is 0 Å². The molecule has 0 bridgehead atoms. The average molecular weight is 178 g/mol. The molecule has 2 unspecified atom stereocenters. The van der Waals surface area contributed by atoms with Gasteiger partial charge in [0.25, 0.3) is 0 Å². The molecular weight excluding hydrogens is 164 g/mol. The van der Waals surface area contributed by atoms with E-state index in [0.717, 1.165) is 6.42 Å². The molecule has 1 aliphatic heterocycles. The summed E-state index contributed by atoms with van der Waals surface area (Å²) in [5, 5.41) is 0. The van der Waals surface area contributed by atoms with E-state index in [2.05, 4.69) is 0 Å². The summed E-state index contributed by atoms with van der Waals surface area (Å²) in [6.45, 7) is 2.47. The number of hydrogen-bond acceptors (Lipinski definition) is 3. The Balaban J connectivity index is 2.65. The summed E-state index contributed by atoms with van der Waals surface area (Å²) in [4.78, 5) is 0. The Labute approximate surface area is 67.4 Å². The Kier molecular flexibility index (Phi) is 2.22. The van der Waals surface area contributed by atoms with Crippen LogP contribution in [0.2, 0.25) is 0 Å². The van der Waals surface area contributed by atoms with Crippen LogP contribution < -0.4 is 5.73 Å². The lowest BCUT2D eigenvalue weighted by Crippen LogP contribution is -2.57. The quantitative estimate of drug-likeness (QED) is 0.612. The molecule has 0 saturated carbocycles. The van der Waals surface area contributed by atoms with Crippen LogP contribution in [-0.4, -0.2) is 37.6 Å². The molecule has 0 amide bonds. The highest BCUT2D eigenvalue weighted by Gasteiger charge is 2.36. The zero-order valence-electron chi connectivity index (χ0n) is 6.82. The SMILES string of the molecule is CC(N)C1CCN1S(C)(=O)=O. The Morgan fingerprint density at radius 2 is 2.18 bits per heavy atom. The van der Waals surface area contributed by atoms with Crippen molar-refractivity contribution in [3.05, 3.63) is 0 Å². The van der Waals surface area contributed by atoms with E-state index in [1.807, 2.05) is 6.92 Å². The predicted molar refractivity (Wildman–Crippen MR) is 43.6 cm³/mol. The molecule has 0 aromatic heterocycles. The van der Waals surface area contributed by atoms with Crippen LogP contribution in [0.3, 0.4) is 0 Å². The molecule has 1 heterocycles. The van der Waals surface area contributed by atoms with E-state index in [1.54, 1.807) is 0 Å². The van der Waals surface area contributed by atoms with Crippen molar-refractivity contribution in [3.63, 3.8) is 0 Å². The maximum atomic E-state index is 11.0. The van der Waals surface area contributed by atoms with E-state index in [4.69, 9.17) is 5.73 Å². The first-order chi connectivity index (χ1) is 4.93. The molecule has 11 heavy (non-hydrogen) atoms. The van der Waals surface area contributed by atoms with Gasteiger partial charge in [0.15, 0.2) is 0 Å². The fraction of sp³-hybridized carbons (Fsp3) is 1.00. The van der Waals surface area contributed by atoms with Gasteiger partial charge in [-0.05, 0) is 13.3 Å². The third-order valence-electron chi connectivity index (χ3n) is 2.05. The molecule has 1 saturated heterocycles. The standard InChI is InChI=1S/C6H14N2O2S/c1-5(7)6-3-4-8(6)11(2,9)10/h5-6H,3-4,7H2,1-2H3. The minimum Gasteiger partial charge on any atom is -0.326 e. The first-order valence-electron chi connectivity index (χ1n) is 3.65. The molecule has 4 nitrogen and oxygen atoms in total. The maximum Gasteiger partial charge on any atom is 0.211 e. The topological polar surface area (TPSA) is 63.4 Å². The van der Waals surface area contributed by atoms with Crippen molar-refractivity contribution in [1.82, 2.24) is 4.31 Å². The van der Waals surface area contributed by atoms with E-state index in [-0.39, 0.29) is 12.1 Å². The molecule has 0 aliphatic carbocycles. The van der Waals surface area contributed by atoms with Crippen LogP contribution in [-0.2, 0) is 10.0 Å². The monoisotopic (exact) mass is 178 g/mol. The summed E-state index contributed by atoms with van der Waals surface area (Å²) >= 11 is 0. The van der Waals surface area contributed by atoms with Crippen LogP contribution in [0.25, 0.3) is 0 Å². The van der Waals surface area contributed by atoms with Crippen LogP contribution in [0.5, 0.6) is 0 Å². The van der Waals surface area contributed by atoms with E-state index in [0.29, 0.717) is 6.54 Å². The molecular formula is C6H14N2O2S. The van der Waals surface area contributed by atoms with Crippen molar-refractivity contribution >= 4 is 10.0 Å². The molecule has 2 N–H and O–H groups in total. The van der Waals surface area contributed by atoms with Gasteiger partial charge in [0.1, 0.15) is 0 Å². The number of nitrogens with two attached hydrogens (primary N) is 1. The minimum atomic E-state index is -3.01. The molecule has 1 aliphatic rings. The lowest BCUT2D eigenvalue weighted by Gasteiger charge is -2.41. The number of nitrogens with zero attached hydrogens (tertiary/aromatic N) is 1. The summed E-state index contributed by atoms with van der Waals surface area (Å²) in [7, 11) is -3.01. The second kappa shape index (κ2) is 2.73. The predicted octanol–water partition coefficient (Wildman–Crippen LogP) is -0.632. The van der Waals surface area contributed by atoms with E-state index < -0.39 is 10.0 Å². The second-order valence-corrected chi connectivity index (χ2v) is 5.02. The molecule has 0 spiro atoms. The molecule has 2 atom stereocenters. The summed E-state index contributed by atoms with van der Waals surface area (Å²) < 4.78 is 23.5. The van der Waals surface area contributed by atoms with Crippen molar-refractivity contribution in [3.8, 4) is 0 Å². The third kappa shape index (κ3) is 1.72.